The molecule has 1 aliphatic heterocycles. The molecule has 0 aromatic rings. The van der Waals surface area contributed by atoms with E-state index >= 15 is 0 Å². The molecule has 114 valence electrons. The van der Waals surface area contributed by atoms with Gasteiger partial charge in [-0.3, -0.25) is 4.79 Å². The normalized spacial score (nSPS) is 33.4. The number of rotatable bonds is 4. The minimum absolute atomic E-state index is 0.0548. The molecule has 0 radical (unpaired) electrons. The number of hydrogen-bond acceptors (Lipinski definition) is 3. The van der Waals surface area contributed by atoms with Crippen molar-refractivity contribution in [2.45, 2.75) is 51.7 Å². The van der Waals surface area contributed by atoms with E-state index in [4.69, 9.17) is 4.74 Å². The number of likely N-dealkylation sites (tertiary alicyclic amines) is 1. The van der Waals surface area contributed by atoms with Crippen LogP contribution in [0, 0.1) is 5.41 Å². The van der Waals surface area contributed by atoms with Gasteiger partial charge in [0.25, 0.3) is 0 Å². The molecular formula is C14H24N2O4. The van der Waals surface area contributed by atoms with Crippen LogP contribution in [0.25, 0.3) is 0 Å². The summed E-state index contributed by atoms with van der Waals surface area (Å²) in [7, 11) is 0. The Bertz CT molecular complexity index is 387. The lowest BCUT2D eigenvalue weighted by Crippen LogP contribution is -2.48. The molecule has 0 spiro atoms. The van der Waals surface area contributed by atoms with Crippen molar-refractivity contribution in [1.82, 2.24) is 10.2 Å². The molecule has 0 bridgehead atoms. The summed E-state index contributed by atoms with van der Waals surface area (Å²) in [5.41, 5.74) is -0.813. The van der Waals surface area contributed by atoms with Gasteiger partial charge in [0, 0.05) is 19.7 Å². The second-order valence-electron chi connectivity index (χ2n) is 6.02. The van der Waals surface area contributed by atoms with Crippen LogP contribution in [0.2, 0.25) is 0 Å². The average Bonchev–Trinajstić information content (AvgIpc) is 2.98. The number of nitrogens with zero attached hydrogens (tertiary/aromatic N) is 1. The highest BCUT2D eigenvalue weighted by molar-refractivity contribution is 5.79. The molecule has 0 aromatic carbocycles. The quantitative estimate of drug-likeness (QED) is 0.819. The number of carboxylic acid groups (broad SMARTS) is 1. The first-order valence-electron chi connectivity index (χ1n) is 7.37. The van der Waals surface area contributed by atoms with Crippen LogP contribution in [0.5, 0.6) is 0 Å². The number of carboxylic acids is 1. The maximum Gasteiger partial charge on any atom is 0.317 e. The summed E-state index contributed by atoms with van der Waals surface area (Å²) in [4.78, 5) is 25.0. The van der Waals surface area contributed by atoms with Gasteiger partial charge in [-0.05, 0) is 39.5 Å². The average molecular weight is 284 g/mol. The second-order valence-corrected chi connectivity index (χ2v) is 6.02. The lowest BCUT2D eigenvalue weighted by atomic mass is 9.90. The van der Waals surface area contributed by atoms with Crippen molar-refractivity contribution in [2.75, 3.05) is 19.7 Å². The number of amides is 2. The topological polar surface area (TPSA) is 78.9 Å². The molecule has 1 aliphatic carbocycles. The number of carbonyl (C=O) groups excluding carboxylic acids is 1. The molecule has 1 saturated carbocycles. The van der Waals surface area contributed by atoms with Crippen molar-refractivity contribution in [3.05, 3.63) is 0 Å². The Morgan fingerprint density at radius 1 is 1.45 bits per heavy atom. The zero-order valence-corrected chi connectivity index (χ0v) is 12.2. The van der Waals surface area contributed by atoms with E-state index in [0.717, 1.165) is 19.3 Å². The standard InChI is InChI=1S/C14H24N2O4/c1-3-20-11-6-4-5-10(11)15-13(19)16-8-7-14(2,9-16)12(17)18/h10-11H,3-9H2,1-2H3,(H,15,19)(H,17,18)/t10-,11-,14?/m1/s1. The van der Waals surface area contributed by atoms with Gasteiger partial charge in [0.05, 0.1) is 17.6 Å². The highest BCUT2D eigenvalue weighted by atomic mass is 16.5. The SMILES string of the molecule is CCO[C@@H]1CCC[C@H]1NC(=O)N1CCC(C)(C(=O)O)C1. The summed E-state index contributed by atoms with van der Waals surface area (Å²) in [6.45, 7) is 5.08. The molecule has 2 N–H and O–H groups in total. The van der Waals surface area contributed by atoms with Gasteiger partial charge < -0.3 is 20.1 Å². The molecule has 1 heterocycles. The molecule has 2 amide bonds. The Kier molecular flexibility index (Phi) is 4.52. The molecular weight excluding hydrogens is 260 g/mol. The van der Waals surface area contributed by atoms with Crippen LogP contribution in [0.4, 0.5) is 4.79 Å². The Labute approximate surface area is 119 Å². The van der Waals surface area contributed by atoms with Crippen LogP contribution in [0.15, 0.2) is 0 Å². The zero-order valence-electron chi connectivity index (χ0n) is 12.2. The van der Waals surface area contributed by atoms with Gasteiger partial charge in [-0.15, -0.1) is 0 Å². The van der Waals surface area contributed by atoms with Crippen LogP contribution in [-0.2, 0) is 9.53 Å². The van der Waals surface area contributed by atoms with E-state index in [1.807, 2.05) is 6.92 Å². The third-order valence-corrected chi connectivity index (χ3v) is 4.42. The Morgan fingerprint density at radius 3 is 2.80 bits per heavy atom. The van der Waals surface area contributed by atoms with Gasteiger partial charge in [0.15, 0.2) is 0 Å². The third-order valence-electron chi connectivity index (χ3n) is 4.42. The predicted molar refractivity (Wildman–Crippen MR) is 73.5 cm³/mol. The summed E-state index contributed by atoms with van der Waals surface area (Å²) in [6.07, 6.45) is 3.57. The van der Waals surface area contributed by atoms with Crippen LogP contribution in [0.3, 0.4) is 0 Å². The van der Waals surface area contributed by atoms with E-state index in [0.29, 0.717) is 19.6 Å². The fourth-order valence-corrected chi connectivity index (χ4v) is 3.06. The maximum absolute atomic E-state index is 12.2. The van der Waals surface area contributed by atoms with Crippen LogP contribution in [0.1, 0.15) is 39.5 Å². The number of hydrogen-bond donors (Lipinski definition) is 2. The lowest BCUT2D eigenvalue weighted by molar-refractivity contribution is -0.147. The first-order chi connectivity index (χ1) is 9.46. The maximum atomic E-state index is 12.2. The lowest BCUT2D eigenvalue weighted by Gasteiger charge is -2.25. The van der Waals surface area contributed by atoms with Crippen molar-refractivity contribution in [3.8, 4) is 0 Å². The first kappa shape index (κ1) is 15.1. The minimum atomic E-state index is -0.833. The van der Waals surface area contributed by atoms with Crippen molar-refractivity contribution >= 4 is 12.0 Å². The van der Waals surface area contributed by atoms with Crippen molar-refractivity contribution in [3.63, 3.8) is 0 Å². The van der Waals surface area contributed by atoms with Crippen molar-refractivity contribution in [2.24, 2.45) is 5.41 Å². The molecule has 1 unspecified atom stereocenters. The molecule has 3 atom stereocenters. The molecule has 2 fully saturated rings. The Hall–Kier alpha value is -1.30. The van der Waals surface area contributed by atoms with E-state index in [9.17, 15) is 14.7 Å². The summed E-state index contributed by atoms with van der Waals surface area (Å²) in [5, 5.41) is 12.2. The smallest absolute Gasteiger partial charge is 0.317 e. The van der Waals surface area contributed by atoms with Crippen LogP contribution >= 0.6 is 0 Å². The van der Waals surface area contributed by atoms with Crippen molar-refractivity contribution < 1.29 is 19.4 Å². The highest BCUT2D eigenvalue weighted by Gasteiger charge is 2.42. The van der Waals surface area contributed by atoms with Crippen LogP contribution in [-0.4, -0.2) is 53.8 Å². The predicted octanol–water partition coefficient (Wildman–Crippen LogP) is 1.45. The van der Waals surface area contributed by atoms with Gasteiger partial charge >= 0.3 is 12.0 Å². The number of ether oxygens (including phenoxy) is 1. The molecule has 20 heavy (non-hydrogen) atoms. The van der Waals surface area contributed by atoms with Gasteiger partial charge in [-0.1, -0.05) is 0 Å². The fraction of sp³-hybridized carbons (Fsp3) is 0.857. The number of urea groups is 1. The number of aliphatic carboxylic acids is 1. The summed E-state index contributed by atoms with van der Waals surface area (Å²) in [6, 6.07) is -0.106. The van der Waals surface area contributed by atoms with Gasteiger partial charge in [-0.2, -0.15) is 0 Å². The number of nitrogens with one attached hydrogen (secondary N) is 1. The molecule has 0 aromatic heterocycles. The van der Waals surface area contributed by atoms with Crippen LogP contribution < -0.4 is 5.32 Å². The van der Waals surface area contributed by atoms with Crippen molar-refractivity contribution in [1.29, 1.82) is 0 Å². The molecule has 1 saturated heterocycles. The molecule has 6 nitrogen and oxygen atoms in total. The molecule has 6 heteroatoms. The summed E-state index contributed by atoms with van der Waals surface area (Å²) in [5.74, 6) is -0.833. The Balaban J connectivity index is 1.88. The van der Waals surface area contributed by atoms with E-state index in [1.165, 1.54) is 0 Å². The van der Waals surface area contributed by atoms with E-state index in [1.54, 1.807) is 11.8 Å². The van der Waals surface area contributed by atoms with E-state index < -0.39 is 11.4 Å². The first-order valence-corrected chi connectivity index (χ1v) is 7.37. The fourth-order valence-electron chi connectivity index (χ4n) is 3.06. The van der Waals surface area contributed by atoms with E-state index in [-0.39, 0.29) is 24.7 Å². The zero-order chi connectivity index (χ0) is 14.8. The number of carbonyl (C=O) groups is 2. The highest BCUT2D eigenvalue weighted by Crippen LogP contribution is 2.30. The Morgan fingerprint density at radius 2 is 2.20 bits per heavy atom. The molecule has 2 rings (SSSR count). The minimum Gasteiger partial charge on any atom is -0.481 e. The van der Waals surface area contributed by atoms with E-state index in [2.05, 4.69) is 5.32 Å². The monoisotopic (exact) mass is 284 g/mol. The largest absolute Gasteiger partial charge is 0.481 e. The summed E-state index contributed by atoms with van der Waals surface area (Å²) < 4.78 is 5.63. The molecule has 2 aliphatic rings. The van der Waals surface area contributed by atoms with Gasteiger partial charge in [-0.25, -0.2) is 4.79 Å². The van der Waals surface area contributed by atoms with Gasteiger partial charge in [0.1, 0.15) is 0 Å². The second kappa shape index (κ2) is 5.99. The summed E-state index contributed by atoms with van der Waals surface area (Å²) >= 11 is 0. The third kappa shape index (κ3) is 3.06. The van der Waals surface area contributed by atoms with Gasteiger partial charge in [0.2, 0.25) is 0 Å².